The number of nitrogens with zero attached hydrogens (tertiary/aromatic N) is 1. The first-order valence-corrected chi connectivity index (χ1v) is 7.68. The van der Waals surface area contributed by atoms with Gasteiger partial charge in [-0.05, 0) is 44.2 Å². The molecule has 0 radical (unpaired) electrons. The molecule has 0 aromatic rings. The first-order chi connectivity index (χ1) is 8.55. The minimum absolute atomic E-state index is 0.238. The van der Waals surface area contributed by atoms with Gasteiger partial charge in [-0.15, -0.1) is 0 Å². The monoisotopic (exact) mass is 256 g/mol. The van der Waals surface area contributed by atoms with E-state index in [0.717, 1.165) is 38.0 Å². The van der Waals surface area contributed by atoms with E-state index in [2.05, 4.69) is 37.9 Å². The first-order valence-electron chi connectivity index (χ1n) is 7.68. The Labute approximate surface area is 113 Å². The summed E-state index contributed by atoms with van der Waals surface area (Å²) < 4.78 is 0. The van der Waals surface area contributed by atoms with Gasteiger partial charge in [0, 0.05) is 19.1 Å². The molecule has 3 unspecified atom stereocenters. The Morgan fingerprint density at radius 2 is 1.67 bits per heavy atom. The minimum Gasteiger partial charge on any atom is -0.390 e. The van der Waals surface area contributed by atoms with Crippen LogP contribution in [0.1, 0.15) is 47.0 Å². The molecule has 0 spiro atoms. The zero-order chi connectivity index (χ0) is 13.5. The summed E-state index contributed by atoms with van der Waals surface area (Å²) in [5.74, 6) is 1.65. The van der Waals surface area contributed by atoms with Gasteiger partial charge in [-0.3, -0.25) is 0 Å². The van der Waals surface area contributed by atoms with Crippen LogP contribution in [0.25, 0.3) is 0 Å². The van der Waals surface area contributed by atoms with Gasteiger partial charge in [-0.2, -0.15) is 0 Å². The van der Waals surface area contributed by atoms with Crippen molar-refractivity contribution in [3.63, 3.8) is 0 Å². The van der Waals surface area contributed by atoms with Crippen LogP contribution in [0.3, 0.4) is 0 Å². The third-order valence-corrected chi connectivity index (χ3v) is 4.18. The summed E-state index contributed by atoms with van der Waals surface area (Å²) in [5.41, 5.74) is 0. The molecule has 0 saturated heterocycles. The van der Waals surface area contributed by atoms with E-state index < -0.39 is 0 Å². The van der Waals surface area contributed by atoms with Crippen LogP contribution in [0.5, 0.6) is 0 Å². The second-order valence-corrected chi connectivity index (χ2v) is 6.16. The molecule has 108 valence electrons. The lowest BCUT2D eigenvalue weighted by atomic mass is 9.80. The normalized spacial score (nSPS) is 30.7. The number of aliphatic hydroxyl groups is 1. The van der Waals surface area contributed by atoms with E-state index in [1.807, 2.05) is 0 Å². The Bertz CT molecular complexity index is 209. The summed E-state index contributed by atoms with van der Waals surface area (Å²) in [5, 5.41) is 13.6. The minimum atomic E-state index is -0.238. The Hall–Kier alpha value is -0.120. The van der Waals surface area contributed by atoms with E-state index in [0.29, 0.717) is 6.04 Å². The van der Waals surface area contributed by atoms with Crippen LogP contribution in [0.2, 0.25) is 0 Å². The summed E-state index contributed by atoms with van der Waals surface area (Å²) in [6, 6.07) is 0.607. The van der Waals surface area contributed by atoms with Crippen LogP contribution in [-0.4, -0.2) is 48.3 Å². The predicted octanol–water partition coefficient (Wildman–Crippen LogP) is 2.10. The Kier molecular flexibility index (Phi) is 7.20. The van der Waals surface area contributed by atoms with Crippen molar-refractivity contribution in [2.24, 2.45) is 11.8 Å². The van der Waals surface area contributed by atoms with Crippen LogP contribution in [-0.2, 0) is 0 Å². The molecular weight excluding hydrogens is 224 g/mol. The first kappa shape index (κ1) is 15.9. The van der Waals surface area contributed by atoms with E-state index >= 15 is 0 Å². The van der Waals surface area contributed by atoms with Crippen molar-refractivity contribution in [1.82, 2.24) is 10.2 Å². The second kappa shape index (κ2) is 8.13. The third-order valence-electron chi connectivity index (χ3n) is 4.18. The lowest BCUT2D eigenvalue weighted by molar-refractivity contribution is 0.108. The Morgan fingerprint density at radius 1 is 1.11 bits per heavy atom. The van der Waals surface area contributed by atoms with Crippen molar-refractivity contribution < 1.29 is 5.11 Å². The topological polar surface area (TPSA) is 35.5 Å². The maximum absolute atomic E-state index is 10.0. The number of nitrogens with one attached hydrogen (secondary N) is 1. The molecule has 1 rings (SSSR count). The highest BCUT2D eigenvalue weighted by Gasteiger charge is 2.24. The zero-order valence-electron chi connectivity index (χ0n) is 12.7. The van der Waals surface area contributed by atoms with E-state index in [1.165, 1.54) is 19.3 Å². The van der Waals surface area contributed by atoms with Gasteiger partial charge >= 0.3 is 0 Å². The molecule has 0 amide bonds. The highest BCUT2D eigenvalue weighted by molar-refractivity contribution is 4.80. The molecule has 0 aromatic heterocycles. The maximum Gasteiger partial charge on any atom is 0.0791 e. The van der Waals surface area contributed by atoms with Gasteiger partial charge in [0.1, 0.15) is 0 Å². The molecule has 1 saturated carbocycles. The van der Waals surface area contributed by atoms with Gasteiger partial charge < -0.3 is 15.3 Å². The molecule has 0 heterocycles. The fourth-order valence-electron chi connectivity index (χ4n) is 3.26. The zero-order valence-corrected chi connectivity index (χ0v) is 12.7. The predicted molar refractivity (Wildman–Crippen MR) is 77.8 cm³/mol. The standard InChI is InChI=1S/C15H32N2O/c1-5-17(6-2)11-15(18)10-16-14-8-12(3)7-13(4)9-14/h12-16,18H,5-11H2,1-4H3. The van der Waals surface area contributed by atoms with Crippen LogP contribution < -0.4 is 5.32 Å². The molecule has 3 heteroatoms. The van der Waals surface area contributed by atoms with Crippen molar-refractivity contribution in [2.75, 3.05) is 26.2 Å². The molecule has 0 bridgehead atoms. The van der Waals surface area contributed by atoms with Gasteiger partial charge in [0.05, 0.1) is 6.10 Å². The summed E-state index contributed by atoms with van der Waals surface area (Å²) in [6.45, 7) is 12.5. The maximum atomic E-state index is 10.0. The smallest absolute Gasteiger partial charge is 0.0791 e. The van der Waals surface area contributed by atoms with Crippen molar-refractivity contribution in [2.45, 2.75) is 59.1 Å². The Balaban J connectivity index is 2.23. The molecule has 1 aliphatic carbocycles. The Morgan fingerprint density at radius 3 is 2.17 bits per heavy atom. The number of hydrogen-bond acceptors (Lipinski definition) is 3. The molecule has 1 fully saturated rings. The average molecular weight is 256 g/mol. The largest absolute Gasteiger partial charge is 0.390 e. The van der Waals surface area contributed by atoms with E-state index in [-0.39, 0.29) is 6.10 Å². The van der Waals surface area contributed by atoms with Crippen molar-refractivity contribution in [3.05, 3.63) is 0 Å². The molecule has 2 N–H and O–H groups in total. The van der Waals surface area contributed by atoms with E-state index in [9.17, 15) is 5.11 Å². The molecule has 1 aliphatic rings. The van der Waals surface area contributed by atoms with Gasteiger partial charge in [-0.1, -0.05) is 27.7 Å². The van der Waals surface area contributed by atoms with Crippen LogP contribution in [0.15, 0.2) is 0 Å². The summed E-state index contributed by atoms with van der Waals surface area (Å²) in [7, 11) is 0. The molecule has 3 nitrogen and oxygen atoms in total. The van der Waals surface area contributed by atoms with Gasteiger partial charge in [0.25, 0.3) is 0 Å². The average Bonchev–Trinajstić information content (AvgIpc) is 2.32. The quantitative estimate of drug-likeness (QED) is 0.732. The lowest BCUT2D eigenvalue weighted by Gasteiger charge is -2.33. The second-order valence-electron chi connectivity index (χ2n) is 6.16. The summed E-state index contributed by atoms with van der Waals surface area (Å²) in [4.78, 5) is 2.28. The van der Waals surface area contributed by atoms with Crippen LogP contribution >= 0.6 is 0 Å². The van der Waals surface area contributed by atoms with Crippen LogP contribution in [0.4, 0.5) is 0 Å². The molecule has 0 aromatic carbocycles. The number of hydrogen-bond donors (Lipinski definition) is 2. The summed E-state index contributed by atoms with van der Waals surface area (Å²) in [6.07, 6.45) is 3.66. The molecule has 18 heavy (non-hydrogen) atoms. The third kappa shape index (κ3) is 5.68. The highest BCUT2D eigenvalue weighted by Crippen LogP contribution is 2.28. The van der Waals surface area contributed by atoms with Gasteiger partial charge in [-0.25, -0.2) is 0 Å². The summed E-state index contributed by atoms with van der Waals surface area (Å²) >= 11 is 0. The van der Waals surface area contributed by atoms with E-state index in [4.69, 9.17) is 0 Å². The van der Waals surface area contributed by atoms with Crippen molar-refractivity contribution in [3.8, 4) is 0 Å². The number of aliphatic hydroxyl groups excluding tert-OH is 1. The van der Waals surface area contributed by atoms with Crippen molar-refractivity contribution in [1.29, 1.82) is 0 Å². The van der Waals surface area contributed by atoms with Gasteiger partial charge in [0.2, 0.25) is 0 Å². The fraction of sp³-hybridized carbons (Fsp3) is 1.00. The van der Waals surface area contributed by atoms with Gasteiger partial charge in [0.15, 0.2) is 0 Å². The van der Waals surface area contributed by atoms with Crippen molar-refractivity contribution >= 4 is 0 Å². The molecule has 0 aliphatic heterocycles. The number of rotatable bonds is 7. The molecular formula is C15H32N2O. The lowest BCUT2D eigenvalue weighted by Crippen LogP contribution is -2.43. The van der Waals surface area contributed by atoms with E-state index in [1.54, 1.807) is 0 Å². The SMILES string of the molecule is CCN(CC)CC(O)CNC1CC(C)CC(C)C1. The highest BCUT2D eigenvalue weighted by atomic mass is 16.3. The van der Waals surface area contributed by atoms with Crippen LogP contribution in [0, 0.1) is 11.8 Å². The fourth-order valence-corrected chi connectivity index (χ4v) is 3.26. The number of likely N-dealkylation sites (N-methyl/N-ethyl adjacent to an activating group) is 1. The molecule has 3 atom stereocenters.